The summed E-state index contributed by atoms with van der Waals surface area (Å²) < 4.78 is 37.9. The minimum absolute atomic E-state index is 0.0201. The molecule has 0 saturated heterocycles. The minimum Gasteiger partial charge on any atom is -0.486 e. The van der Waals surface area contributed by atoms with Crippen molar-refractivity contribution >= 4 is 18.4 Å². The van der Waals surface area contributed by atoms with Gasteiger partial charge in [-0.2, -0.15) is 14.9 Å². The van der Waals surface area contributed by atoms with Crippen LogP contribution < -0.4 is 4.74 Å². The maximum atomic E-state index is 12.9. The first kappa shape index (κ1) is 17.6. The van der Waals surface area contributed by atoms with Crippen molar-refractivity contribution in [3.8, 4) is 5.75 Å². The molecule has 0 atom stereocenters. The average Bonchev–Trinajstić information content (AvgIpc) is 3.37. The average molecular weight is 390 g/mol. The molecule has 2 heterocycles. The normalized spacial score (nSPS) is 13.6. The molecule has 0 aliphatic heterocycles. The number of benzene rings is 1. The molecule has 1 aromatic carbocycles. The molecule has 140 valence electrons. The largest absolute Gasteiger partial charge is 0.486 e. The monoisotopic (exact) mass is 390 g/mol. The van der Waals surface area contributed by atoms with Crippen LogP contribution in [0.3, 0.4) is 0 Å². The molecule has 2 aromatic heterocycles. The van der Waals surface area contributed by atoms with Crippen LogP contribution in [0.25, 0.3) is 0 Å². The predicted octanol–water partition coefficient (Wildman–Crippen LogP) is 4.42. The Morgan fingerprint density at radius 3 is 3.00 bits per heavy atom. The van der Waals surface area contributed by atoms with E-state index in [4.69, 9.17) is 21.4 Å². The molecular weight excluding hydrogens is 374 g/mol. The third-order valence-corrected chi connectivity index (χ3v) is 4.57. The highest BCUT2D eigenvalue weighted by Gasteiger charge is 2.16. The van der Waals surface area contributed by atoms with Crippen LogP contribution >= 0.6 is 12.2 Å². The lowest BCUT2D eigenvalue weighted by Crippen LogP contribution is -1.99. The number of hydrogen-bond donors (Lipinski definition) is 1. The first-order valence-corrected chi connectivity index (χ1v) is 8.84. The summed E-state index contributed by atoms with van der Waals surface area (Å²) >= 11 is 4.89. The lowest BCUT2D eigenvalue weighted by Gasteiger charge is -2.06. The smallest absolute Gasteiger partial charge is 0.299 e. The van der Waals surface area contributed by atoms with Crippen molar-refractivity contribution in [2.24, 2.45) is 5.10 Å². The highest BCUT2D eigenvalue weighted by atomic mass is 32.1. The lowest BCUT2D eigenvalue weighted by molar-refractivity contribution is 0.136. The van der Waals surface area contributed by atoms with Crippen molar-refractivity contribution in [1.82, 2.24) is 14.9 Å². The molecule has 27 heavy (non-hydrogen) atoms. The molecule has 0 fully saturated rings. The van der Waals surface area contributed by atoms with Gasteiger partial charge in [0.2, 0.25) is 10.6 Å². The summed E-state index contributed by atoms with van der Waals surface area (Å²) in [6.07, 6.45) is 1.92. The minimum atomic E-state index is -2.79. The molecular formula is C18H16F2N4O2S. The summed E-state index contributed by atoms with van der Waals surface area (Å²) in [6.45, 7) is 0.264. The van der Waals surface area contributed by atoms with E-state index in [2.05, 4.69) is 27.4 Å². The van der Waals surface area contributed by atoms with Crippen molar-refractivity contribution < 1.29 is 17.9 Å². The summed E-state index contributed by atoms with van der Waals surface area (Å²) in [5, 5.41) is 9.65. The maximum absolute atomic E-state index is 12.9. The Balaban J connectivity index is 1.42. The number of aromatic amines is 1. The molecule has 0 unspecified atom stereocenters. The Hall–Kier alpha value is -2.81. The number of nitrogens with one attached hydrogen (secondary N) is 1. The van der Waals surface area contributed by atoms with E-state index in [1.807, 2.05) is 6.07 Å². The zero-order chi connectivity index (χ0) is 18.8. The molecule has 1 aliphatic carbocycles. The summed E-state index contributed by atoms with van der Waals surface area (Å²) in [5.74, 6) is 1.24. The van der Waals surface area contributed by atoms with Crippen molar-refractivity contribution in [2.75, 3.05) is 0 Å². The zero-order valence-electron chi connectivity index (χ0n) is 14.2. The molecule has 0 radical (unpaired) electrons. The Morgan fingerprint density at radius 2 is 2.15 bits per heavy atom. The predicted molar refractivity (Wildman–Crippen MR) is 96.9 cm³/mol. The first-order valence-electron chi connectivity index (χ1n) is 8.43. The van der Waals surface area contributed by atoms with Gasteiger partial charge in [-0.1, -0.05) is 6.07 Å². The van der Waals surface area contributed by atoms with Crippen LogP contribution in [0.2, 0.25) is 0 Å². The number of halogens is 2. The van der Waals surface area contributed by atoms with Gasteiger partial charge in [-0.05, 0) is 66.9 Å². The van der Waals surface area contributed by atoms with Crippen molar-refractivity contribution in [3.63, 3.8) is 0 Å². The van der Waals surface area contributed by atoms with E-state index >= 15 is 0 Å². The summed E-state index contributed by atoms with van der Waals surface area (Å²) in [7, 11) is 0. The van der Waals surface area contributed by atoms with E-state index in [0.717, 1.165) is 23.3 Å². The van der Waals surface area contributed by atoms with E-state index in [9.17, 15) is 8.78 Å². The van der Waals surface area contributed by atoms with Gasteiger partial charge in [-0.3, -0.25) is 0 Å². The van der Waals surface area contributed by atoms with Gasteiger partial charge in [0, 0.05) is 0 Å². The highest BCUT2D eigenvalue weighted by molar-refractivity contribution is 7.71. The van der Waals surface area contributed by atoms with Gasteiger partial charge in [0.1, 0.15) is 23.9 Å². The zero-order valence-corrected chi connectivity index (χ0v) is 15.0. The van der Waals surface area contributed by atoms with Gasteiger partial charge in [-0.15, -0.1) is 0 Å². The fourth-order valence-corrected chi connectivity index (χ4v) is 3.19. The summed E-state index contributed by atoms with van der Waals surface area (Å²) in [5.41, 5.74) is 2.73. The number of furan rings is 1. The molecule has 0 saturated carbocycles. The van der Waals surface area contributed by atoms with Crippen LogP contribution in [0, 0.1) is 4.77 Å². The number of alkyl halides is 2. The number of ether oxygens (including phenoxy) is 1. The number of aryl methyl sites for hydroxylation is 2. The lowest BCUT2D eigenvalue weighted by atomic mass is 10.1. The molecule has 0 bridgehead atoms. The van der Waals surface area contributed by atoms with Crippen molar-refractivity contribution in [1.29, 1.82) is 0 Å². The van der Waals surface area contributed by atoms with Crippen LogP contribution in [0.15, 0.2) is 39.9 Å². The first-order chi connectivity index (χ1) is 13.1. The van der Waals surface area contributed by atoms with Gasteiger partial charge in [0.25, 0.3) is 6.43 Å². The molecule has 3 aromatic rings. The fourth-order valence-electron chi connectivity index (χ4n) is 3.01. The Labute approximate surface area is 158 Å². The Morgan fingerprint density at radius 1 is 1.30 bits per heavy atom. The third kappa shape index (κ3) is 3.82. The van der Waals surface area contributed by atoms with Gasteiger partial charge in [0.05, 0.1) is 6.21 Å². The standard InChI is InChI=1S/C18H16F2N4O2S/c19-16(20)17-22-23-18(27)24(17)21-9-14-6-7-15(26-14)10-25-13-5-4-11-2-1-3-12(11)8-13/h4-9,16H,1-3,10H2,(H,23,27). The maximum Gasteiger partial charge on any atom is 0.299 e. The highest BCUT2D eigenvalue weighted by Crippen LogP contribution is 2.26. The van der Waals surface area contributed by atoms with Crippen LogP contribution in [-0.2, 0) is 19.4 Å². The van der Waals surface area contributed by atoms with Gasteiger partial charge < -0.3 is 9.15 Å². The van der Waals surface area contributed by atoms with Crippen molar-refractivity contribution in [2.45, 2.75) is 32.3 Å². The van der Waals surface area contributed by atoms with Gasteiger partial charge in [-0.25, -0.2) is 13.9 Å². The van der Waals surface area contributed by atoms with E-state index in [-0.39, 0.29) is 11.4 Å². The molecule has 6 nitrogen and oxygen atoms in total. The van der Waals surface area contributed by atoms with E-state index < -0.39 is 12.2 Å². The van der Waals surface area contributed by atoms with Gasteiger partial charge >= 0.3 is 0 Å². The number of fused-ring (bicyclic) bond motifs is 1. The number of aromatic nitrogens is 3. The van der Waals surface area contributed by atoms with Gasteiger partial charge in [0.15, 0.2) is 0 Å². The summed E-state index contributed by atoms with van der Waals surface area (Å²) in [4.78, 5) is 0. The molecule has 4 rings (SSSR count). The third-order valence-electron chi connectivity index (χ3n) is 4.30. The molecule has 1 N–H and O–H groups in total. The number of H-pyrrole nitrogens is 1. The molecule has 0 amide bonds. The summed E-state index contributed by atoms with van der Waals surface area (Å²) in [6, 6.07) is 9.56. The van der Waals surface area contributed by atoms with E-state index in [1.54, 1.807) is 12.1 Å². The second-order valence-electron chi connectivity index (χ2n) is 6.12. The topological polar surface area (TPSA) is 68.3 Å². The van der Waals surface area contributed by atoms with Crippen molar-refractivity contribution in [3.05, 3.63) is 63.6 Å². The number of rotatable bonds is 6. The fraction of sp³-hybridized carbons (Fsp3) is 0.278. The Bertz CT molecular complexity index is 1040. The quantitative estimate of drug-likeness (QED) is 0.500. The number of hydrogen-bond acceptors (Lipinski definition) is 5. The second-order valence-corrected chi connectivity index (χ2v) is 6.51. The van der Waals surface area contributed by atoms with Crippen LogP contribution in [0.4, 0.5) is 8.78 Å². The second kappa shape index (κ2) is 7.43. The van der Waals surface area contributed by atoms with Crippen LogP contribution in [0.5, 0.6) is 5.75 Å². The SMILES string of the molecule is FC(F)c1n[nH]c(=S)n1N=Cc1ccc(COc2ccc3c(c2)CCC3)o1. The number of nitrogens with zero attached hydrogens (tertiary/aromatic N) is 3. The van der Waals surface area contributed by atoms with E-state index in [0.29, 0.717) is 11.5 Å². The van der Waals surface area contributed by atoms with E-state index in [1.165, 1.54) is 23.8 Å². The molecule has 1 aliphatic rings. The van der Waals surface area contributed by atoms with Crippen LogP contribution in [0.1, 0.15) is 41.3 Å². The Kier molecular flexibility index (Phi) is 4.85. The molecule has 9 heteroatoms. The molecule has 0 spiro atoms. The van der Waals surface area contributed by atoms with Crippen LogP contribution in [-0.4, -0.2) is 21.1 Å².